The molecule has 1 aromatic rings. The maximum absolute atomic E-state index is 12.1. The Bertz CT molecular complexity index is 416. The first-order chi connectivity index (χ1) is 8.08. The van der Waals surface area contributed by atoms with Crippen LogP contribution in [0.2, 0.25) is 0 Å². The molecule has 5 nitrogen and oxygen atoms in total. The molecule has 17 heavy (non-hydrogen) atoms. The number of hydrogen-bond donors (Lipinski definition) is 0. The highest BCUT2D eigenvalue weighted by molar-refractivity contribution is 5.77. The van der Waals surface area contributed by atoms with Gasteiger partial charge in [0.05, 0.1) is 0 Å². The van der Waals surface area contributed by atoms with Crippen molar-refractivity contribution in [1.29, 1.82) is 0 Å². The Morgan fingerprint density at radius 1 is 1.59 bits per heavy atom. The molecule has 1 unspecified atom stereocenters. The Morgan fingerprint density at radius 3 is 2.94 bits per heavy atom. The normalized spacial score (nSPS) is 24.3. The maximum atomic E-state index is 12.1. The first-order valence-corrected chi connectivity index (χ1v) is 6.19. The van der Waals surface area contributed by atoms with E-state index in [0.29, 0.717) is 18.1 Å². The molecule has 0 bridgehead atoms. The molecule has 1 aliphatic heterocycles. The van der Waals surface area contributed by atoms with Gasteiger partial charge in [-0.1, -0.05) is 12.1 Å². The summed E-state index contributed by atoms with van der Waals surface area (Å²) >= 11 is 0. The van der Waals surface area contributed by atoms with E-state index in [9.17, 15) is 4.79 Å². The Hall–Kier alpha value is -1.39. The van der Waals surface area contributed by atoms with Crippen molar-refractivity contribution in [2.24, 2.45) is 0 Å². The van der Waals surface area contributed by atoms with Crippen LogP contribution >= 0.6 is 0 Å². The van der Waals surface area contributed by atoms with Gasteiger partial charge in [-0.15, -0.1) is 0 Å². The molecule has 0 spiro atoms. The fourth-order valence-electron chi connectivity index (χ4n) is 2.45. The summed E-state index contributed by atoms with van der Waals surface area (Å²) in [4.78, 5) is 18.3. The van der Waals surface area contributed by atoms with Crippen molar-refractivity contribution in [1.82, 2.24) is 15.0 Å². The lowest BCUT2D eigenvalue weighted by molar-refractivity contribution is -0.136. The Labute approximate surface area is 101 Å². The summed E-state index contributed by atoms with van der Waals surface area (Å²) in [7, 11) is 0. The second kappa shape index (κ2) is 4.47. The lowest BCUT2D eigenvalue weighted by atomic mass is 9.98. The van der Waals surface area contributed by atoms with Crippen LogP contribution in [0.3, 0.4) is 0 Å². The number of rotatable bonds is 3. The topological polar surface area (TPSA) is 59.2 Å². The fraction of sp³-hybridized carbons (Fsp3) is 0.750. The first-order valence-electron chi connectivity index (χ1n) is 6.19. The van der Waals surface area contributed by atoms with E-state index in [1.165, 1.54) is 0 Å². The number of carbonyl (C=O) groups excluding carboxylic acids is 1. The monoisotopic (exact) mass is 237 g/mol. The van der Waals surface area contributed by atoms with Gasteiger partial charge in [-0.3, -0.25) is 4.79 Å². The van der Waals surface area contributed by atoms with Crippen molar-refractivity contribution >= 4 is 5.91 Å². The van der Waals surface area contributed by atoms with Gasteiger partial charge in [0.15, 0.2) is 5.82 Å². The van der Waals surface area contributed by atoms with Crippen molar-refractivity contribution in [2.45, 2.75) is 52.0 Å². The zero-order chi connectivity index (χ0) is 12.5. The second-order valence-corrected chi connectivity index (χ2v) is 4.82. The molecule has 0 saturated carbocycles. The third kappa shape index (κ3) is 2.06. The third-order valence-electron chi connectivity index (χ3n) is 3.39. The molecule has 94 valence electrons. The highest BCUT2D eigenvalue weighted by Crippen LogP contribution is 2.38. The van der Waals surface area contributed by atoms with Crippen molar-refractivity contribution < 1.29 is 9.32 Å². The molecule has 0 aromatic carbocycles. The van der Waals surface area contributed by atoms with Crippen LogP contribution in [-0.4, -0.2) is 27.5 Å². The molecule has 0 aliphatic carbocycles. The van der Waals surface area contributed by atoms with Crippen LogP contribution in [0, 0.1) is 6.92 Å². The van der Waals surface area contributed by atoms with E-state index in [2.05, 4.69) is 10.1 Å². The largest absolute Gasteiger partial charge is 0.337 e. The first kappa shape index (κ1) is 12.1. The Kier molecular flexibility index (Phi) is 3.17. The van der Waals surface area contributed by atoms with Crippen molar-refractivity contribution in [3.8, 4) is 0 Å². The summed E-state index contributed by atoms with van der Waals surface area (Å²) in [5.74, 6) is 1.37. The van der Waals surface area contributed by atoms with Gasteiger partial charge in [-0.05, 0) is 33.1 Å². The second-order valence-electron chi connectivity index (χ2n) is 4.82. The zero-order valence-corrected chi connectivity index (χ0v) is 10.7. The van der Waals surface area contributed by atoms with Gasteiger partial charge in [0.1, 0.15) is 5.54 Å². The predicted molar refractivity (Wildman–Crippen MR) is 62.2 cm³/mol. The number of aromatic nitrogens is 2. The quantitative estimate of drug-likeness (QED) is 0.807. The van der Waals surface area contributed by atoms with E-state index in [-0.39, 0.29) is 5.91 Å². The summed E-state index contributed by atoms with van der Waals surface area (Å²) in [5.41, 5.74) is -0.409. The van der Waals surface area contributed by atoms with E-state index in [1.54, 1.807) is 6.92 Å². The SMILES string of the molecule is CCCC(=O)N1CCCC1(C)c1nc(C)no1. The Morgan fingerprint density at radius 2 is 2.35 bits per heavy atom. The summed E-state index contributed by atoms with van der Waals surface area (Å²) in [6.45, 7) is 6.61. The average molecular weight is 237 g/mol. The molecule has 1 aliphatic rings. The smallest absolute Gasteiger partial charge is 0.252 e. The van der Waals surface area contributed by atoms with Gasteiger partial charge >= 0.3 is 0 Å². The van der Waals surface area contributed by atoms with Crippen molar-refractivity contribution in [3.05, 3.63) is 11.7 Å². The van der Waals surface area contributed by atoms with E-state index in [1.807, 2.05) is 18.7 Å². The van der Waals surface area contributed by atoms with Gasteiger partial charge in [0, 0.05) is 13.0 Å². The van der Waals surface area contributed by atoms with Crippen LogP contribution in [0.1, 0.15) is 51.2 Å². The maximum Gasteiger partial charge on any atom is 0.252 e. The molecule has 1 atom stereocenters. The minimum atomic E-state index is -0.409. The van der Waals surface area contributed by atoms with Gasteiger partial charge < -0.3 is 9.42 Å². The van der Waals surface area contributed by atoms with Crippen LogP contribution in [0.4, 0.5) is 0 Å². The minimum absolute atomic E-state index is 0.184. The molecule has 5 heteroatoms. The molecule has 1 amide bonds. The van der Waals surface area contributed by atoms with E-state index in [4.69, 9.17) is 4.52 Å². The third-order valence-corrected chi connectivity index (χ3v) is 3.39. The number of likely N-dealkylation sites (tertiary alicyclic amines) is 1. The summed E-state index contributed by atoms with van der Waals surface area (Å²) in [6.07, 6.45) is 3.34. The lowest BCUT2D eigenvalue weighted by Gasteiger charge is -2.31. The van der Waals surface area contributed by atoms with Crippen molar-refractivity contribution in [3.63, 3.8) is 0 Å². The highest BCUT2D eigenvalue weighted by atomic mass is 16.5. The molecule has 1 aromatic heterocycles. The van der Waals surface area contributed by atoms with Gasteiger partial charge in [0.25, 0.3) is 5.89 Å². The van der Waals surface area contributed by atoms with E-state index < -0.39 is 5.54 Å². The van der Waals surface area contributed by atoms with Gasteiger partial charge in [-0.25, -0.2) is 0 Å². The van der Waals surface area contributed by atoms with Gasteiger partial charge in [-0.2, -0.15) is 4.98 Å². The average Bonchev–Trinajstić information content (AvgIpc) is 2.86. The molecule has 1 fully saturated rings. The molecule has 0 N–H and O–H groups in total. The number of amides is 1. The van der Waals surface area contributed by atoms with Crippen LogP contribution < -0.4 is 0 Å². The number of carbonyl (C=O) groups is 1. The summed E-state index contributed by atoms with van der Waals surface area (Å²) in [5, 5.41) is 3.82. The molecular weight excluding hydrogens is 218 g/mol. The molecule has 2 heterocycles. The lowest BCUT2D eigenvalue weighted by Crippen LogP contribution is -2.43. The number of aryl methyl sites for hydroxylation is 1. The standard InChI is InChI=1S/C12H19N3O2/c1-4-6-10(16)15-8-5-7-12(15,3)11-13-9(2)14-17-11/h4-8H2,1-3H3. The molecular formula is C12H19N3O2. The van der Waals surface area contributed by atoms with Crippen LogP contribution in [0.15, 0.2) is 4.52 Å². The fourth-order valence-corrected chi connectivity index (χ4v) is 2.45. The number of nitrogens with zero attached hydrogens (tertiary/aromatic N) is 3. The zero-order valence-electron chi connectivity index (χ0n) is 10.7. The predicted octanol–water partition coefficient (Wildman–Crippen LogP) is 2.02. The number of hydrogen-bond acceptors (Lipinski definition) is 4. The van der Waals surface area contributed by atoms with E-state index >= 15 is 0 Å². The van der Waals surface area contributed by atoms with E-state index in [0.717, 1.165) is 25.8 Å². The van der Waals surface area contributed by atoms with Crippen LogP contribution in [0.25, 0.3) is 0 Å². The molecule has 2 rings (SSSR count). The van der Waals surface area contributed by atoms with Crippen molar-refractivity contribution in [2.75, 3.05) is 6.54 Å². The summed E-state index contributed by atoms with van der Waals surface area (Å²) < 4.78 is 5.25. The highest BCUT2D eigenvalue weighted by Gasteiger charge is 2.44. The van der Waals surface area contributed by atoms with Gasteiger partial charge in [0.2, 0.25) is 5.91 Å². The van der Waals surface area contributed by atoms with Crippen LogP contribution in [-0.2, 0) is 10.3 Å². The van der Waals surface area contributed by atoms with Crippen LogP contribution in [0.5, 0.6) is 0 Å². The Balaban J connectivity index is 2.26. The summed E-state index contributed by atoms with van der Waals surface area (Å²) in [6, 6.07) is 0. The molecule has 1 saturated heterocycles. The minimum Gasteiger partial charge on any atom is -0.337 e. The molecule has 0 radical (unpaired) electrons.